The van der Waals surface area contributed by atoms with E-state index in [0.717, 1.165) is 18.4 Å². The van der Waals surface area contributed by atoms with Crippen molar-refractivity contribution in [3.63, 3.8) is 0 Å². The van der Waals surface area contributed by atoms with Gasteiger partial charge in [0.15, 0.2) is 0 Å². The van der Waals surface area contributed by atoms with Crippen LogP contribution in [0.5, 0.6) is 11.5 Å². The molecule has 0 saturated heterocycles. The Labute approximate surface area is 186 Å². The van der Waals surface area contributed by atoms with Crippen molar-refractivity contribution in [2.45, 2.75) is 43.9 Å². The molecule has 0 aliphatic carbocycles. The van der Waals surface area contributed by atoms with Gasteiger partial charge < -0.3 is 9.29 Å². The van der Waals surface area contributed by atoms with E-state index < -0.39 is 10.1 Å². The van der Waals surface area contributed by atoms with Crippen LogP contribution >= 0.6 is 0 Å². The molecule has 0 spiro atoms. The molecule has 6 heteroatoms. The molecule has 0 saturated carbocycles. The second-order valence-corrected chi connectivity index (χ2v) is 6.83. The molecular weight excluding hydrogens is 351 g/mol. The number of hydrogen-bond acceptors (Lipinski definition) is 4. The molecule has 0 aliphatic heterocycles. The minimum atomic E-state index is -4.48. The average Bonchev–Trinajstić information content (AvgIpc) is 2.52. The second-order valence-electron chi connectivity index (χ2n) is 5.45. The van der Waals surface area contributed by atoms with Gasteiger partial charge in [-0.1, -0.05) is 50.5 Å². The molecule has 0 N–H and O–H groups in total. The maximum absolute atomic E-state index is 11.1. The monoisotopic (exact) mass is 372 g/mol. The molecular formula is C18H21KO4S. The fraction of sp³-hybridized carbons (Fsp3) is 0.333. The minimum Gasteiger partial charge on any atom is -0.744 e. The molecule has 4 nitrogen and oxygen atoms in total. The zero-order valence-corrected chi connectivity index (χ0v) is 18.1. The van der Waals surface area contributed by atoms with Gasteiger partial charge in [-0.15, -0.1) is 0 Å². The Morgan fingerprint density at radius 2 is 1.75 bits per heavy atom. The van der Waals surface area contributed by atoms with Crippen molar-refractivity contribution in [2.75, 3.05) is 0 Å². The standard InChI is InChI=1S/C18H22O4S.K/c1-2-3-4-5-9-15-10-6-7-13-18(15)22-16-11-8-12-17(14-16)23(19,20)21;/h6-8,10-14H,2-5,9H2,1H3,(H,19,20,21);/q;+1/p-1. The fourth-order valence-electron chi connectivity index (χ4n) is 2.37. The number of ether oxygens (including phenoxy) is 1. The van der Waals surface area contributed by atoms with Crippen LogP contribution in [0, 0.1) is 0 Å². The van der Waals surface area contributed by atoms with Crippen LogP contribution in [0.1, 0.15) is 38.2 Å². The smallest absolute Gasteiger partial charge is 0.744 e. The summed E-state index contributed by atoms with van der Waals surface area (Å²) < 4.78 is 39.1. The first kappa shape index (κ1) is 21.8. The van der Waals surface area contributed by atoms with Crippen molar-refractivity contribution in [1.29, 1.82) is 0 Å². The van der Waals surface area contributed by atoms with Crippen molar-refractivity contribution in [1.82, 2.24) is 0 Å². The largest absolute Gasteiger partial charge is 1.00 e. The van der Waals surface area contributed by atoms with E-state index in [0.29, 0.717) is 11.5 Å². The molecule has 0 amide bonds. The molecule has 0 bridgehead atoms. The summed E-state index contributed by atoms with van der Waals surface area (Å²) in [6.07, 6.45) is 5.58. The third kappa shape index (κ3) is 6.96. The normalized spacial score (nSPS) is 10.9. The van der Waals surface area contributed by atoms with Gasteiger partial charge in [-0.2, -0.15) is 0 Å². The first-order valence-corrected chi connectivity index (χ1v) is 9.23. The molecule has 0 aromatic heterocycles. The molecule has 0 radical (unpaired) electrons. The van der Waals surface area contributed by atoms with Gasteiger partial charge >= 0.3 is 51.4 Å². The summed E-state index contributed by atoms with van der Waals surface area (Å²) in [6, 6.07) is 13.4. The van der Waals surface area contributed by atoms with E-state index in [4.69, 9.17) is 4.74 Å². The van der Waals surface area contributed by atoms with Crippen LogP contribution in [-0.4, -0.2) is 13.0 Å². The van der Waals surface area contributed by atoms with Crippen molar-refractivity contribution >= 4 is 10.1 Å². The Morgan fingerprint density at radius 1 is 1.00 bits per heavy atom. The zero-order chi connectivity index (χ0) is 16.7. The Hall–Kier alpha value is -0.214. The number of rotatable bonds is 8. The number of unbranched alkanes of at least 4 members (excludes halogenated alkanes) is 3. The molecule has 124 valence electrons. The van der Waals surface area contributed by atoms with Gasteiger partial charge in [-0.05, 0) is 42.7 Å². The summed E-state index contributed by atoms with van der Waals surface area (Å²) in [5, 5.41) is 0. The third-order valence-electron chi connectivity index (χ3n) is 3.59. The minimum absolute atomic E-state index is 0. The van der Waals surface area contributed by atoms with Crippen LogP contribution in [0.2, 0.25) is 0 Å². The molecule has 2 rings (SSSR count). The number of para-hydroxylation sites is 1. The van der Waals surface area contributed by atoms with Crippen LogP contribution < -0.4 is 56.1 Å². The predicted octanol–water partition coefficient (Wildman–Crippen LogP) is 1.51. The number of benzene rings is 2. The van der Waals surface area contributed by atoms with Gasteiger partial charge in [0.1, 0.15) is 21.6 Å². The molecule has 0 unspecified atom stereocenters. The van der Waals surface area contributed by atoms with Gasteiger partial charge in [0.2, 0.25) is 0 Å². The van der Waals surface area contributed by atoms with Crippen LogP contribution in [0.15, 0.2) is 53.4 Å². The Balaban J connectivity index is 0.00000288. The van der Waals surface area contributed by atoms with Gasteiger partial charge in [0.05, 0.1) is 4.90 Å². The Morgan fingerprint density at radius 3 is 2.46 bits per heavy atom. The van der Waals surface area contributed by atoms with Crippen LogP contribution in [0.3, 0.4) is 0 Å². The maximum Gasteiger partial charge on any atom is 1.00 e. The number of aryl methyl sites for hydroxylation is 1. The summed E-state index contributed by atoms with van der Waals surface area (Å²) in [6.45, 7) is 2.17. The van der Waals surface area contributed by atoms with E-state index in [-0.39, 0.29) is 56.3 Å². The first-order chi connectivity index (χ1) is 11.0. The van der Waals surface area contributed by atoms with Crippen LogP contribution in [0.25, 0.3) is 0 Å². The van der Waals surface area contributed by atoms with E-state index >= 15 is 0 Å². The van der Waals surface area contributed by atoms with Crippen LogP contribution in [-0.2, 0) is 16.5 Å². The second kappa shape index (κ2) is 10.7. The first-order valence-electron chi connectivity index (χ1n) is 7.82. The third-order valence-corrected chi connectivity index (χ3v) is 4.43. The van der Waals surface area contributed by atoms with E-state index in [1.54, 1.807) is 6.07 Å². The van der Waals surface area contributed by atoms with Crippen molar-refractivity contribution < 1.29 is 69.1 Å². The van der Waals surface area contributed by atoms with E-state index in [1.807, 2.05) is 24.3 Å². The van der Waals surface area contributed by atoms with Gasteiger partial charge in [-0.25, -0.2) is 8.42 Å². The molecule has 2 aromatic rings. The Bertz CT molecular complexity index is 744. The van der Waals surface area contributed by atoms with Crippen molar-refractivity contribution in [2.24, 2.45) is 0 Å². The number of hydrogen-bond donors (Lipinski definition) is 0. The van der Waals surface area contributed by atoms with E-state index in [1.165, 1.54) is 37.5 Å². The summed E-state index contributed by atoms with van der Waals surface area (Å²) >= 11 is 0. The van der Waals surface area contributed by atoms with Gasteiger partial charge in [0.25, 0.3) is 0 Å². The van der Waals surface area contributed by atoms with Gasteiger partial charge in [-0.3, -0.25) is 0 Å². The van der Waals surface area contributed by atoms with Crippen molar-refractivity contribution in [3.05, 3.63) is 54.1 Å². The topological polar surface area (TPSA) is 66.4 Å². The van der Waals surface area contributed by atoms with E-state index in [2.05, 4.69) is 6.92 Å². The molecule has 0 aliphatic rings. The molecule has 2 aromatic carbocycles. The Kier molecular flexibility index (Phi) is 9.74. The molecule has 0 heterocycles. The molecule has 24 heavy (non-hydrogen) atoms. The molecule has 0 atom stereocenters. The van der Waals surface area contributed by atoms with Crippen LogP contribution in [0.4, 0.5) is 0 Å². The summed E-state index contributed by atoms with van der Waals surface area (Å²) in [4.78, 5) is -0.282. The molecule has 0 fully saturated rings. The fourth-order valence-corrected chi connectivity index (χ4v) is 2.88. The SMILES string of the molecule is CCCCCCc1ccccc1Oc1cccc(S(=O)(=O)[O-])c1.[K+]. The van der Waals surface area contributed by atoms with E-state index in [9.17, 15) is 13.0 Å². The summed E-state index contributed by atoms with van der Waals surface area (Å²) in [5.74, 6) is 1.05. The average molecular weight is 373 g/mol. The quantitative estimate of drug-likeness (QED) is 0.400. The maximum atomic E-state index is 11.1. The summed E-state index contributed by atoms with van der Waals surface area (Å²) in [5.41, 5.74) is 1.08. The van der Waals surface area contributed by atoms with Crippen molar-refractivity contribution in [3.8, 4) is 11.5 Å². The summed E-state index contributed by atoms with van der Waals surface area (Å²) in [7, 11) is -4.48. The predicted molar refractivity (Wildman–Crippen MR) is 88.8 cm³/mol. The zero-order valence-electron chi connectivity index (χ0n) is 14.2. The van der Waals surface area contributed by atoms with Gasteiger partial charge in [0, 0.05) is 0 Å².